The SMILES string of the molecule is CC(C)[C@H](NC(=O)c1ccc(Cl)cc1)C(=O)N1CCC[C@H](O)C1. The summed E-state index contributed by atoms with van der Waals surface area (Å²) in [6, 6.07) is 5.94. The Hall–Kier alpha value is -1.59. The molecule has 0 aliphatic carbocycles. The number of carbonyl (C=O) groups excluding carboxylic acids is 2. The summed E-state index contributed by atoms with van der Waals surface area (Å²) in [5.41, 5.74) is 0.464. The Balaban J connectivity index is 2.07. The molecule has 6 heteroatoms. The van der Waals surface area contributed by atoms with Crippen LogP contribution in [0, 0.1) is 5.92 Å². The van der Waals surface area contributed by atoms with Gasteiger partial charge in [-0.1, -0.05) is 25.4 Å². The summed E-state index contributed by atoms with van der Waals surface area (Å²) in [6.45, 7) is 4.74. The molecule has 0 unspecified atom stereocenters. The topological polar surface area (TPSA) is 69.6 Å². The van der Waals surface area contributed by atoms with Crippen LogP contribution in [0.1, 0.15) is 37.0 Å². The zero-order chi connectivity index (χ0) is 17.0. The van der Waals surface area contributed by atoms with E-state index in [-0.39, 0.29) is 17.7 Å². The van der Waals surface area contributed by atoms with E-state index < -0.39 is 12.1 Å². The predicted octanol–water partition coefficient (Wildman–Crippen LogP) is 2.08. The fourth-order valence-corrected chi connectivity index (χ4v) is 2.82. The monoisotopic (exact) mass is 338 g/mol. The minimum Gasteiger partial charge on any atom is -0.391 e. The molecule has 1 aromatic carbocycles. The van der Waals surface area contributed by atoms with E-state index >= 15 is 0 Å². The summed E-state index contributed by atoms with van der Waals surface area (Å²) in [4.78, 5) is 26.7. The van der Waals surface area contributed by atoms with E-state index in [1.54, 1.807) is 29.2 Å². The number of nitrogens with one attached hydrogen (secondary N) is 1. The molecule has 2 N–H and O–H groups in total. The molecule has 5 nitrogen and oxygen atoms in total. The van der Waals surface area contributed by atoms with Gasteiger partial charge in [-0.3, -0.25) is 9.59 Å². The second-order valence-corrected chi connectivity index (χ2v) is 6.72. The van der Waals surface area contributed by atoms with E-state index in [1.165, 1.54) is 0 Å². The van der Waals surface area contributed by atoms with Crippen LogP contribution in [0.15, 0.2) is 24.3 Å². The number of amides is 2. The van der Waals surface area contributed by atoms with E-state index in [0.29, 0.717) is 30.1 Å². The molecule has 1 aliphatic rings. The molecule has 2 atom stereocenters. The molecule has 0 radical (unpaired) electrons. The van der Waals surface area contributed by atoms with E-state index in [1.807, 2.05) is 13.8 Å². The van der Waals surface area contributed by atoms with Gasteiger partial charge in [0, 0.05) is 23.7 Å². The fourth-order valence-electron chi connectivity index (χ4n) is 2.69. The number of β-amino-alcohol motifs (C(OH)–C–C–N with tert-alkyl or cyclic N) is 1. The van der Waals surface area contributed by atoms with Crippen molar-refractivity contribution >= 4 is 23.4 Å². The molecular formula is C17H23ClN2O3. The lowest BCUT2D eigenvalue weighted by Crippen LogP contribution is -2.54. The van der Waals surface area contributed by atoms with Crippen LogP contribution in [0.2, 0.25) is 5.02 Å². The van der Waals surface area contributed by atoms with Crippen LogP contribution in [0.4, 0.5) is 0 Å². The molecular weight excluding hydrogens is 316 g/mol. The van der Waals surface area contributed by atoms with Gasteiger partial charge in [-0.25, -0.2) is 0 Å². The average Bonchev–Trinajstić information content (AvgIpc) is 2.52. The molecule has 0 aromatic heterocycles. The maximum atomic E-state index is 12.7. The van der Waals surface area contributed by atoms with Crippen LogP contribution in [-0.2, 0) is 4.79 Å². The molecule has 0 spiro atoms. The number of hydrogen-bond acceptors (Lipinski definition) is 3. The van der Waals surface area contributed by atoms with Crippen molar-refractivity contribution < 1.29 is 14.7 Å². The first-order chi connectivity index (χ1) is 10.9. The highest BCUT2D eigenvalue weighted by Crippen LogP contribution is 2.15. The lowest BCUT2D eigenvalue weighted by molar-refractivity contribution is -0.137. The van der Waals surface area contributed by atoms with Crippen LogP contribution in [0.25, 0.3) is 0 Å². The summed E-state index contributed by atoms with van der Waals surface area (Å²) >= 11 is 5.82. The number of nitrogens with zero attached hydrogens (tertiary/aromatic N) is 1. The standard InChI is InChI=1S/C17H23ClN2O3/c1-11(2)15(17(23)20-9-3-4-14(21)10-20)19-16(22)12-5-7-13(18)8-6-12/h5-8,11,14-15,21H,3-4,9-10H2,1-2H3,(H,19,22)/t14-,15-/m0/s1. The first kappa shape index (κ1) is 17.8. The van der Waals surface area contributed by atoms with Crippen LogP contribution >= 0.6 is 11.6 Å². The predicted molar refractivity (Wildman–Crippen MR) is 89.4 cm³/mol. The van der Waals surface area contributed by atoms with Crippen molar-refractivity contribution in [2.45, 2.75) is 38.8 Å². The van der Waals surface area contributed by atoms with Crippen LogP contribution in [0.5, 0.6) is 0 Å². The van der Waals surface area contributed by atoms with Gasteiger partial charge in [0.05, 0.1) is 6.10 Å². The normalized spacial score (nSPS) is 19.5. The molecule has 23 heavy (non-hydrogen) atoms. The van der Waals surface area contributed by atoms with E-state index in [0.717, 1.165) is 6.42 Å². The van der Waals surface area contributed by atoms with Crippen molar-refractivity contribution in [3.63, 3.8) is 0 Å². The van der Waals surface area contributed by atoms with Crippen LogP contribution < -0.4 is 5.32 Å². The Morgan fingerprint density at radius 2 is 1.96 bits per heavy atom. The van der Waals surface area contributed by atoms with Gasteiger partial charge in [0.15, 0.2) is 0 Å². The second kappa shape index (κ2) is 7.79. The molecule has 1 aliphatic heterocycles. The number of likely N-dealkylation sites (tertiary alicyclic amines) is 1. The van der Waals surface area contributed by atoms with Crippen molar-refractivity contribution in [1.82, 2.24) is 10.2 Å². The molecule has 2 amide bonds. The lowest BCUT2D eigenvalue weighted by Gasteiger charge is -2.34. The first-order valence-corrected chi connectivity index (χ1v) is 8.29. The largest absolute Gasteiger partial charge is 0.391 e. The number of piperidine rings is 1. The summed E-state index contributed by atoms with van der Waals surface area (Å²) in [5.74, 6) is -0.481. The number of aliphatic hydroxyl groups excluding tert-OH is 1. The van der Waals surface area contributed by atoms with Crippen LogP contribution in [0.3, 0.4) is 0 Å². The lowest BCUT2D eigenvalue weighted by atomic mass is 10.00. The van der Waals surface area contributed by atoms with Gasteiger partial charge in [-0.15, -0.1) is 0 Å². The number of aliphatic hydroxyl groups is 1. The number of benzene rings is 1. The van der Waals surface area contributed by atoms with Gasteiger partial charge in [-0.05, 0) is 43.0 Å². The molecule has 0 saturated carbocycles. The Labute approximate surface area is 141 Å². The quantitative estimate of drug-likeness (QED) is 0.883. The molecule has 0 bridgehead atoms. The average molecular weight is 339 g/mol. The Morgan fingerprint density at radius 1 is 1.30 bits per heavy atom. The highest BCUT2D eigenvalue weighted by atomic mass is 35.5. The van der Waals surface area contributed by atoms with Crippen LogP contribution in [-0.4, -0.2) is 47.1 Å². The molecule has 2 rings (SSSR count). The molecule has 126 valence electrons. The summed E-state index contributed by atoms with van der Waals surface area (Å²) < 4.78 is 0. The van der Waals surface area contributed by atoms with E-state index in [2.05, 4.69) is 5.32 Å². The second-order valence-electron chi connectivity index (χ2n) is 6.28. The number of hydrogen-bond donors (Lipinski definition) is 2. The molecule has 1 aromatic rings. The van der Waals surface area contributed by atoms with E-state index in [9.17, 15) is 14.7 Å². The maximum absolute atomic E-state index is 12.7. The summed E-state index contributed by atoms with van der Waals surface area (Å²) in [6.07, 6.45) is 1.02. The molecule has 1 fully saturated rings. The maximum Gasteiger partial charge on any atom is 0.251 e. The molecule has 1 saturated heterocycles. The summed E-state index contributed by atoms with van der Waals surface area (Å²) in [5, 5.41) is 13.1. The van der Waals surface area contributed by atoms with Gasteiger partial charge in [0.1, 0.15) is 6.04 Å². The Bertz CT molecular complexity index is 559. The van der Waals surface area contributed by atoms with Crippen molar-refractivity contribution in [3.05, 3.63) is 34.9 Å². The van der Waals surface area contributed by atoms with E-state index in [4.69, 9.17) is 11.6 Å². The fraction of sp³-hybridized carbons (Fsp3) is 0.529. The zero-order valence-electron chi connectivity index (χ0n) is 13.5. The highest BCUT2D eigenvalue weighted by molar-refractivity contribution is 6.30. The number of carbonyl (C=O) groups is 2. The molecule has 1 heterocycles. The first-order valence-electron chi connectivity index (χ1n) is 7.91. The van der Waals surface area contributed by atoms with Gasteiger partial charge >= 0.3 is 0 Å². The minimum atomic E-state index is -0.608. The van der Waals surface area contributed by atoms with Crippen molar-refractivity contribution in [1.29, 1.82) is 0 Å². The third-order valence-corrected chi connectivity index (χ3v) is 4.29. The van der Waals surface area contributed by atoms with Crippen molar-refractivity contribution in [3.8, 4) is 0 Å². The number of rotatable bonds is 4. The third kappa shape index (κ3) is 4.69. The van der Waals surface area contributed by atoms with Gasteiger partial charge < -0.3 is 15.3 Å². The Morgan fingerprint density at radius 3 is 2.52 bits per heavy atom. The minimum absolute atomic E-state index is 0.0437. The number of halogens is 1. The zero-order valence-corrected chi connectivity index (χ0v) is 14.2. The van der Waals surface area contributed by atoms with Gasteiger partial charge in [0.2, 0.25) is 5.91 Å². The van der Waals surface area contributed by atoms with Gasteiger partial charge in [0.25, 0.3) is 5.91 Å². The highest BCUT2D eigenvalue weighted by Gasteiger charge is 2.31. The van der Waals surface area contributed by atoms with Crippen molar-refractivity contribution in [2.24, 2.45) is 5.92 Å². The van der Waals surface area contributed by atoms with Crippen molar-refractivity contribution in [2.75, 3.05) is 13.1 Å². The summed E-state index contributed by atoms with van der Waals surface area (Å²) in [7, 11) is 0. The third-order valence-electron chi connectivity index (χ3n) is 4.03. The smallest absolute Gasteiger partial charge is 0.251 e. The Kier molecular flexibility index (Phi) is 6.02. The van der Waals surface area contributed by atoms with Gasteiger partial charge in [-0.2, -0.15) is 0 Å².